The first-order valence-corrected chi connectivity index (χ1v) is 6.20. The summed E-state index contributed by atoms with van der Waals surface area (Å²) in [5.41, 5.74) is 0.0643. The highest BCUT2D eigenvalue weighted by molar-refractivity contribution is 9.10. The fourth-order valence-electron chi connectivity index (χ4n) is 1.33. The molecule has 1 amide bonds. The lowest BCUT2D eigenvalue weighted by Gasteiger charge is -2.13. The number of carbonyl (C=O) groups is 3. The largest absolute Gasteiger partial charge is 0.480 e. The number of amides is 1. The Morgan fingerprint density at radius 2 is 2.10 bits per heavy atom. The van der Waals surface area contributed by atoms with E-state index in [4.69, 9.17) is 5.11 Å². The Labute approximate surface area is 122 Å². The summed E-state index contributed by atoms with van der Waals surface area (Å²) in [5, 5.41) is 11.1. The van der Waals surface area contributed by atoms with Crippen molar-refractivity contribution in [2.24, 2.45) is 0 Å². The molecule has 0 aliphatic rings. The van der Waals surface area contributed by atoms with Crippen molar-refractivity contribution >= 4 is 33.8 Å². The van der Waals surface area contributed by atoms with E-state index >= 15 is 0 Å². The molecule has 108 valence electrons. The summed E-state index contributed by atoms with van der Waals surface area (Å²) in [6, 6.07) is 2.06. The van der Waals surface area contributed by atoms with Crippen LogP contribution in [-0.4, -0.2) is 36.1 Å². The molecule has 1 aromatic carbocycles. The van der Waals surface area contributed by atoms with E-state index in [1.54, 1.807) is 0 Å². The van der Waals surface area contributed by atoms with Gasteiger partial charge in [-0.1, -0.05) is 0 Å². The summed E-state index contributed by atoms with van der Waals surface area (Å²) < 4.78 is 17.5. The van der Waals surface area contributed by atoms with E-state index in [1.807, 2.05) is 0 Å². The van der Waals surface area contributed by atoms with Gasteiger partial charge in [-0.05, 0) is 34.1 Å². The molecule has 0 spiro atoms. The van der Waals surface area contributed by atoms with Crippen LogP contribution in [0.5, 0.6) is 0 Å². The minimum Gasteiger partial charge on any atom is -0.480 e. The highest BCUT2D eigenvalue weighted by Crippen LogP contribution is 2.17. The van der Waals surface area contributed by atoms with Crippen LogP contribution in [0, 0.1) is 5.82 Å². The molecule has 0 fully saturated rings. The third-order valence-electron chi connectivity index (χ3n) is 2.38. The first kappa shape index (κ1) is 16.1. The molecule has 0 aromatic heterocycles. The number of aliphatic carboxylic acids is 1. The van der Waals surface area contributed by atoms with Crippen LogP contribution >= 0.6 is 15.9 Å². The molecule has 0 bridgehead atoms. The number of carboxylic acid groups (broad SMARTS) is 1. The van der Waals surface area contributed by atoms with E-state index in [0.29, 0.717) is 0 Å². The number of hydrogen-bond acceptors (Lipinski definition) is 4. The second kappa shape index (κ2) is 6.99. The number of carbonyl (C=O) groups excluding carboxylic acids is 2. The fraction of sp³-hybridized carbons (Fsp3) is 0.250. The predicted octanol–water partition coefficient (Wildman–Crippen LogP) is 1.33. The van der Waals surface area contributed by atoms with Crippen LogP contribution < -0.4 is 5.32 Å². The first-order chi connectivity index (χ1) is 9.35. The zero-order chi connectivity index (χ0) is 15.3. The van der Waals surface area contributed by atoms with Crippen molar-refractivity contribution in [2.75, 3.05) is 7.11 Å². The lowest BCUT2D eigenvalue weighted by Crippen LogP contribution is -2.42. The number of esters is 1. The Morgan fingerprint density at radius 1 is 1.45 bits per heavy atom. The summed E-state index contributed by atoms with van der Waals surface area (Å²) in [5.74, 6) is -3.42. The Bertz CT molecular complexity index is 549. The number of rotatable bonds is 5. The van der Waals surface area contributed by atoms with E-state index in [0.717, 1.165) is 13.2 Å². The van der Waals surface area contributed by atoms with E-state index in [-0.39, 0.29) is 10.0 Å². The number of methoxy groups -OCH3 is 1. The first-order valence-electron chi connectivity index (χ1n) is 5.40. The number of halogens is 2. The number of benzene rings is 1. The fourth-order valence-corrected chi connectivity index (χ4v) is 1.71. The van der Waals surface area contributed by atoms with Crippen molar-refractivity contribution in [1.82, 2.24) is 5.32 Å². The van der Waals surface area contributed by atoms with Crippen LogP contribution in [-0.2, 0) is 14.3 Å². The molecular weight excluding hydrogens is 337 g/mol. The molecule has 0 unspecified atom stereocenters. The van der Waals surface area contributed by atoms with E-state index in [1.165, 1.54) is 12.1 Å². The lowest BCUT2D eigenvalue weighted by atomic mass is 10.1. The topological polar surface area (TPSA) is 92.7 Å². The van der Waals surface area contributed by atoms with Crippen LogP contribution in [0.25, 0.3) is 0 Å². The van der Waals surface area contributed by atoms with Crippen LogP contribution in [0.3, 0.4) is 0 Å². The maximum Gasteiger partial charge on any atom is 0.326 e. The number of hydrogen-bond donors (Lipinski definition) is 2. The minimum atomic E-state index is -1.42. The molecule has 0 heterocycles. The minimum absolute atomic E-state index is 0.0643. The molecule has 2 N–H and O–H groups in total. The van der Waals surface area contributed by atoms with Gasteiger partial charge in [0, 0.05) is 5.56 Å². The second-order valence-electron chi connectivity index (χ2n) is 3.77. The third-order valence-corrected chi connectivity index (χ3v) is 2.99. The molecule has 1 rings (SSSR count). The van der Waals surface area contributed by atoms with Gasteiger partial charge in [-0.2, -0.15) is 0 Å². The second-order valence-corrected chi connectivity index (χ2v) is 4.63. The van der Waals surface area contributed by atoms with Gasteiger partial charge >= 0.3 is 11.9 Å². The zero-order valence-electron chi connectivity index (χ0n) is 10.4. The van der Waals surface area contributed by atoms with Gasteiger partial charge in [0.15, 0.2) is 0 Å². The van der Waals surface area contributed by atoms with Crippen LogP contribution in [0.1, 0.15) is 16.8 Å². The molecule has 0 radical (unpaired) electrons. The van der Waals surface area contributed by atoms with Crippen molar-refractivity contribution in [3.8, 4) is 0 Å². The Kier molecular flexibility index (Phi) is 5.63. The smallest absolute Gasteiger partial charge is 0.326 e. The lowest BCUT2D eigenvalue weighted by molar-refractivity contribution is -0.147. The quantitative estimate of drug-likeness (QED) is 0.784. The summed E-state index contributed by atoms with van der Waals surface area (Å²) in [7, 11) is 1.11. The standard InChI is InChI=1S/C12H11BrFNO5/c1-20-10(16)5-9(12(18)19)15-11(17)6-2-3-8(14)7(13)4-6/h2-4,9H,5H2,1H3,(H,15,17)(H,18,19)/t9-/m0/s1. The van der Waals surface area contributed by atoms with Crippen molar-refractivity contribution in [3.05, 3.63) is 34.1 Å². The van der Waals surface area contributed by atoms with Gasteiger partial charge in [0.25, 0.3) is 5.91 Å². The SMILES string of the molecule is COC(=O)C[C@H](NC(=O)c1ccc(F)c(Br)c1)C(=O)O. The number of ether oxygens (including phenoxy) is 1. The van der Waals surface area contributed by atoms with Gasteiger partial charge in [0.05, 0.1) is 18.0 Å². The van der Waals surface area contributed by atoms with Crippen LogP contribution in [0.15, 0.2) is 22.7 Å². The van der Waals surface area contributed by atoms with Gasteiger partial charge in [-0.25, -0.2) is 9.18 Å². The van der Waals surface area contributed by atoms with Crippen molar-refractivity contribution in [2.45, 2.75) is 12.5 Å². The van der Waals surface area contributed by atoms with E-state index < -0.39 is 36.1 Å². The summed E-state index contributed by atoms with van der Waals surface area (Å²) in [6.07, 6.45) is -0.500. The molecule has 1 aromatic rings. The third kappa shape index (κ3) is 4.30. The molecule has 1 atom stereocenters. The molecule has 6 nitrogen and oxygen atoms in total. The van der Waals surface area contributed by atoms with Gasteiger partial charge in [0.2, 0.25) is 0 Å². The molecule has 0 aliphatic heterocycles. The Hall–Kier alpha value is -1.96. The predicted molar refractivity (Wildman–Crippen MR) is 69.6 cm³/mol. The van der Waals surface area contributed by atoms with Crippen molar-refractivity contribution in [1.29, 1.82) is 0 Å². The van der Waals surface area contributed by atoms with Gasteiger partial charge < -0.3 is 15.2 Å². The maximum absolute atomic E-state index is 13.0. The van der Waals surface area contributed by atoms with Crippen LogP contribution in [0.2, 0.25) is 0 Å². The van der Waals surface area contributed by atoms with Gasteiger partial charge in [-0.3, -0.25) is 9.59 Å². The summed E-state index contributed by atoms with van der Waals surface area (Å²) in [6.45, 7) is 0. The van der Waals surface area contributed by atoms with E-state index in [9.17, 15) is 18.8 Å². The average molecular weight is 348 g/mol. The zero-order valence-corrected chi connectivity index (χ0v) is 11.9. The number of nitrogens with one attached hydrogen (secondary N) is 1. The monoisotopic (exact) mass is 347 g/mol. The highest BCUT2D eigenvalue weighted by Gasteiger charge is 2.24. The Morgan fingerprint density at radius 3 is 2.60 bits per heavy atom. The normalized spacial score (nSPS) is 11.6. The van der Waals surface area contributed by atoms with Gasteiger partial charge in [0.1, 0.15) is 11.9 Å². The molecule has 8 heteroatoms. The summed E-state index contributed by atoms with van der Waals surface area (Å²) >= 11 is 2.92. The van der Waals surface area contributed by atoms with Crippen LogP contribution in [0.4, 0.5) is 4.39 Å². The van der Waals surface area contributed by atoms with Gasteiger partial charge in [-0.15, -0.1) is 0 Å². The molecule has 0 saturated heterocycles. The molecular formula is C12H11BrFNO5. The molecule has 0 aliphatic carbocycles. The average Bonchev–Trinajstić information content (AvgIpc) is 2.40. The molecule has 0 saturated carbocycles. The number of carboxylic acids is 1. The van der Waals surface area contributed by atoms with E-state index in [2.05, 4.69) is 26.0 Å². The maximum atomic E-state index is 13.0. The highest BCUT2D eigenvalue weighted by atomic mass is 79.9. The molecule has 20 heavy (non-hydrogen) atoms. The summed E-state index contributed by atoms with van der Waals surface area (Å²) in [4.78, 5) is 33.8. The Balaban J connectivity index is 2.82. The van der Waals surface area contributed by atoms with Crippen molar-refractivity contribution < 1.29 is 28.6 Å². The van der Waals surface area contributed by atoms with Crippen molar-refractivity contribution in [3.63, 3.8) is 0 Å².